The number of ether oxygens (including phenoxy) is 1. The zero-order valence-corrected chi connectivity index (χ0v) is 11.8. The van der Waals surface area contributed by atoms with Crippen molar-refractivity contribution >= 4 is 5.97 Å². The molecule has 0 spiro atoms. The number of carbonyl (C=O) groups excluding carboxylic acids is 1. The molecule has 1 unspecified atom stereocenters. The molecule has 3 heteroatoms. The molecule has 3 nitrogen and oxygen atoms in total. The van der Waals surface area contributed by atoms with E-state index in [1.165, 1.54) is 32.1 Å². The van der Waals surface area contributed by atoms with E-state index >= 15 is 0 Å². The Kier molecular flexibility index (Phi) is 4.66. The van der Waals surface area contributed by atoms with Gasteiger partial charge in [0.2, 0.25) is 0 Å². The molecule has 1 aliphatic carbocycles. The van der Waals surface area contributed by atoms with Crippen LogP contribution in [0.3, 0.4) is 0 Å². The molecule has 2 fully saturated rings. The standard InChI is InChI=1S/C15H27NO2/c1-15(2,13-8-5-9-16-10-13)14(17)18-11-12-6-3-4-7-12/h12-13,16H,3-11H2,1-2H3. The average molecular weight is 253 g/mol. The zero-order valence-electron chi connectivity index (χ0n) is 11.8. The summed E-state index contributed by atoms with van der Waals surface area (Å²) in [6.07, 6.45) is 7.39. The van der Waals surface area contributed by atoms with Crippen molar-refractivity contribution in [3.05, 3.63) is 0 Å². The molecule has 0 amide bonds. The lowest BCUT2D eigenvalue weighted by Crippen LogP contribution is -2.43. The molecule has 0 bridgehead atoms. The van der Waals surface area contributed by atoms with Crippen molar-refractivity contribution in [2.24, 2.45) is 17.3 Å². The van der Waals surface area contributed by atoms with Gasteiger partial charge in [-0.05, 0) is 64.5 Å². The summed E-state index contributed by atoms with van der Waals surface area (Å²) in [5, 5.41) is 3.39. The largest absolute Gasteiger partial charge is 0.465 e. The van der Waals surface area contributed by atoms with Crippen LogP contribution in [0.15, 0.2) is 0 Å². The molecule has 18 heavy (non-hydrogen) atoms. The summed E-state index contributed by atoms with van der Waals surface area (Å²) in [5.41, 5.74) is -0.341. The molecule has 1 heterocycles. The van der Waals surface area contributed by atoms with E-state index in [1.54, 1.807) is 0 Å². The molecule has 104 valence electrons. The van der Waals surface area contributed by atoms with E-state index in [9.17, 15) is 4.79 Å². The molecule has 2 rings (SSSR count). The van der Waals surface area contributed by atoms with E-state index in [-0.39, 0.29) is 11.4 Å². The fraction of sp³-hybridized carbons (Fsp3) is 0.933. The van der Waals surface area contributed by atoms with Crippen LogP contribution in [0.2, 0.25) is 0 Å². The molecule has 0 aromatic carbocycles. The van der Waals surface area contributed by atoms with Gasteiger partial charge in [0.05, 0.1) is 12.0 Å². The lowest BCUT2D eigenvalue weighted by atomic mass is 9.75. The first-order chi connectivity index (χ1) is 8.60. The Balaban J connectivity index is 1.81. The fourth-order valence-corrected chi connectivity index (χ4v) is 3.19. The number of carbonyl (C=O) groups is 1. The predicted octanol–water partition coefficient (Wildman–Crippen LogP) is 2.75. The molecular formula is C15H27NO2. The molecule has 1 saturated heterocycles. The van der Waals surface area contributed by atoms with Crippen molar-refractivity contribution in [1.29, 1.82) is 0 Å². The highest BCUT2D eigenvalue weighted by molar-refractivity contribution is 5.76. The van der Waals surface area contributed by atoms with Crippen molar-refractivity contribution in [1.82, 2.24) is 5.32 Å². The minimum atomic E-state index is -0.341. The van der Waals surface area contributed by atoms with Crippen LogP contribution >= 0.6 is 0 Å². The second-order valence-corrected chi connectivity index (χ2v) is 6.51. The van der Waals surface area contributed by atoms with Gasteiger partial charge in [-0.3, -0.25) is 4.79 Å². The van der Waals surface area contributed by atoms with Crippen LogP contribution < -0.4 is 5.32 Å². The fourth-order valence-electron chi connectivity index (χ4n) is 3.19. The molecule has 0 aromatic rings. The zero-order chi connectivity index (χ0) is 13.0. The van der Waals surface area contributed by atoms with E-state index in [2.05, 4.69) is 5.32 Å². The van der Waals surface area contributed by atoms with Crippen LogP contribution in [-0.4, -0.2) is 25.7 Å². The maximum absolute atomic E-state index is 12.3. The SMILES string of the molecule is CC(C)(C(=O)OCC1CCCC1)C1CCCNC1. The van der Waals surface area contributed by atoms with Crippen molar-refractivity contribution < 1.29 is 9.53 Å². The summed E-state index contributed by atoms with van der Waals surface area (Å²) in [7, 11) is 0. The first-order valence-electron chi connectivity index (χ1n) is 7.48. The van der Waals surface area contributed by atoms with Crippen LogP contribution in [0.5, 0.6) is 0 Å². The van der Waals surface area contributed by atoms with E-state index in [0.717, 1.165) is 19.5 Å². The van der Waals surface area contributed by atoms with Gasteiger partial charge in [-0.1, -0.05) is 12.8 Å². The number of hydrogen-bond donors (Lipinski definition) is 1. The topological polar surface area (TPSA) is 38.3 Å². The highest BCUT2D eigenvalue weighted by Crippen LogP contribution is 2.34. The van der Waals surface area contributed by atoms with Crippen molar-refractivity contribution in [2.45, 2.75) is 52.4 Å². The molecule has 0 radical (unpaired) electrons. The van der Waals surface area contributed by atoms with E-state index in [0.29, 0.717) is 18.4 Å². The van der Waals surface area contributed by atoms with Gasteiger partial charge >= 0.3 is 5.97 Å². The molecule has 1 N–H and O–H groups in total. The number of esters is 1. The summed E-state index contributed by atoms with van der Waals surface area (Å²) in [6, 6.07) is 0. The van der Waals surface area contributed by atoms with Crippen molar-refractivity contribution in [3.8, 4) is 0 Å². The van der Waals surface area contributed by atoms with Gasteiger partial charge < -0.3 is 10.1 Å². The Morgan fingerprint density at radius 3 is 2.56 bits per heavy atom. The second-order valence-electron chi connectivity index (χ2n) is 6.51. The second kappa shape index (κ2) is 6.05. The van der Waals surface area contributed by atoms with Gasteiger partial charge in [0.15, 0.2) is 0 Å². The maximum Gasteiger partial charge on any atom is 0.311 e. The van der Waals surface area contributed by atoms with Gasteiger partial charge in [0.25, 0.3) is 0 Å². The maximum atomic E-state index is 12.3. The van der Waals surface area contributed by atoms with E-state index in [1.807, 2.05) is 13.8 Å². The van der Waals surface area contributed by atoms with Crippen LogP contribution in [-0.2, 0) is 9.53 Å². The first-order valence-corrected chi connectivity index (χ1v) is 7.48. The Bertz CT molecular complexity index is 276. The van der Waals surface area contributed by atoms with Crippen molar-refractivity contribution in [3.63, 3.8) is 0 Å². The average Bonchev–Trinajstić information content (AvgIpc) is 2.90. The summed E-state index contributed by atoms with van der Waals surface area (Å²) < 4.78 is 5.58. The molecule has 1 aliphatic heterocycles. The molecule has 0 aromatic heterocycles. The lowest BCUT2D eigenvalue weighted by molar-refractivity contribution is -0.159. The number of piperidine rings is 1. The Morgan fingerprint density at radius 1 is 1.22 bits per heavy atom. The van der Waals surface area contributed by atoms with Gasteiger partial charge in [-0.25, -0.2) is 0 Å². The highest BCUT2D eigenvalue weighted by atomic mass is 16.5. The normalized spacial score (nSPS) is 26.2. The summed E-state index contributed by atoms with van der Waals surface area (Å²) in [5.74, 6) is 1.04. The molecule has 1 saturated carbocycles. The van der Waals surface area contributed by atoms with E-state index in [4.69, 9.17) is 4.74 Å². The number of rotatable bonds is 4. The highest BCUT2D eigenvalue weighted by Gasteiger charge is 2.38. The summed E-state index contributed by atoms with van der Waals surface area (Å²) in [4.78, 5) is 12.3. The van der Waals surface area contributed by atoms with Gasteiger partial charge in [-0.2, -0.15) is 0 Å². The van der Waals surface area contributed by atoms with E-state index < -0.39 is 0 Å². The van der Waals surface area contributed by atoms with Crippen LogP contribution in [0.4, 0.5) is 0 Å². The third-order valence-corrected chi connectivity index (χ3v) is 4.77. The minimum Gasteiger partial charge on any atom is -0.465 e. The van der Waals surface area contributed by atoms with Gasteiger partial charge in [-0.15, -0.1) is 0 Å². The van der Waals surface area contributed by atoms with Gasteiger partial charge in [0, 0.05) is 0 Å². The third kappa shape index (κ3) is 3.25. The number of hydrogen-bond acceptors (Lipinski definition) is 3. The van der Waals surface area contributed by atoms with Crippen LogP contribution in [0.25, 0.3) is 0 Å². The smallest absolute Gasteiger partial charge is 0.311 e. The van der Waals surface area contributed by atoms with Gasteiger partial charge in [0.1, 0.15) is 0 Å². The Hall–Kier alpha value is -0.570. The Labute approximate surface area is 111 Å². The summed E-state index contributed by atoms with van der Waals surface area (Å²) in [6.45, 7) is 6.76. The third-order valence-electron chi connectivity index (χ3n) is 4.77. The molecule has 2 aliphatic rings. The summed E-state index contributed by atoms with van der Waals surface area (Å²) >= 11 is 0. The quantitative estimate of drug-likeness (QED) is 0.783. The lowest BCUT2D eigenvalue weighted by Gasteiger charge is -2.35. The van der Waals surface area contributed by atoms with Crippen LogP contribution in [0.1, 0.15) is 52.4 Å². The minimum absolute atomic E-state index is 0.00287. The first kappa shape index (κ1) is 13.9. The molecular weight excluding hydrogens is 226 g/mol. The molecule has 1 atom stereocenters. The predicted molar refractivity (Wildman–Crippen MR) is 72.3 cm³/mol. The monoisotopic (exact) mass is 253 g/mol. The Morgan fingerprint density at radius 2 is 1.94 bits per heavy atom. The van der Waals surface area contributed by atoms with Crippen molar-refractivity contribution in [2.75, 3.05) is 19.7 Å². The van der Waals surface area contributed by atoms with Crippen LogP contribution in [0, 0.1) is 17.3 Å². The number of nitrogens with one attached hydrogen (secondary N) is 1.